The van der Waals surface area contributed by atoms with Gasteiger partial charge in [0.15, 0.2) is 0 Å². The number of ether oxygens (including phenoxy) is 1. The van der Waals surface area contributed by atoms with E-state index in [1.165, 1.54) is 0 Å². The lowest BCUT2D eigenvalue weighted by atomic mass is 10.2. The zero-order valence-electron chi connectivity index (χ0n) is 5.54. The molecule has 0 spiro atoms. The van der Waals surface area contributed by atoms with Gasteiger partial charge in [0.05, 0.1) is 13.0 Å². The van der Waals surface area contributed by atoms with Crippen LogP contribution in [0.2, 0.25) is 0 Å². The van der Waals surface area contributed by atoms with Crippen molar-refractivity contribution in [3.05, 3.63) is 0 Å². The summed E-state index contributed by atoms with van der Waals surface area (Å²) in [5.41, 5.74) is 0. The summed E-state index contributed by atoms with van der Waals surface area (Å²) in [5.74, 6) is -1.06. The zero-order valence-corrected chi connectivity index (χ0v) is 5.54. The maximum Gasteiger partial charge on any atom is 0.355 e. The number of carbonyl (C=O) groups excluding carboxylic acids is 2. The van der Waals surface area contributed by atoms with Crippen LogP contribution in [-0.2, 0) is 19.4 Å². The van der Waals surface area contributed by atoms with E-state index < -0.39 is 5.97 Å². The molecule has 0 amide bonds. The van der Waals surface area contributed by atoms with E-state index in [1.54, 1.807) is 0 Å². The molecule has 10 heavy (non-hydrogen) atoms. The summed E-state index contributed by atoms with van der Waals surface area (Å²) in [7, 11) is 0. The topological polar surface area (TPSA) is 63.3 Å². The van der Waals surface area contributed by atoms with Crippen LogP contribution in [0.3, 0.4) is 0 Å². The molecule has 0 bridgehead atoms. The fourth-order valence-corrected chi connectivity index (χ4v) is 0.503. The molecular formula is C6H9O4. The Morgan fingerprint density at radius 3 is 2.60 bits per heavy atom. The lowest BCUT2D eigenvalue weighted by molar-refractivity contribution is -0.143. The molecule has 0 rings (SSSR count). The van der Waals surface area contributed by atoms with Gasteiger partial charge in [0, 0.05) is 0 Å². The summed E-state index contributed by atoms with van der Waals surface area (Å²) < 4.78 is 4.32. The first kappa shape index (κ1) is 8.94. The van der Waals surface area contributed by atoms with E-state index in [0.29, 0.717) is 19.3 Å². The standard InChI is InChI=1S/C6H9O4/c7-5-10-4-2-1-3-6(8)9/h5H,1-4H2. The molecule has 0 aromatic carbocycles. The molecule has 0 atom stereocenters. The van der Waals surface area contributed by atoms with Gasteiger partial charge in [-0.15, -0.1) is 0 Å². The fraction of sp³-hybridized carbons (Fsp3) is 0.667. The predicted octanol–water partition coefficient (Wildman–Crippen LogP) is 0.287. The van der Waals surface area contributed by atoms with E-state index in [2.05, 4.69) is 4.74 Å². The Morgan fingerprint density at radius 2 is 2.10 bits per heavy atom. The summed E-state index contributed by atoms with van der Waals surface area (Å²) in [6, 6.07) is 0. The molecule has 0 unspecified atom stereocenters. The summed E-state index contributed by atoms with van der Waals surface area (Å²) >= 11 is 0. The fourth-order valence-electron chi connectivity index (χ4n) is 0.503. The van der Waals surface area contributed by atoms with E-state index in [9.17, 15) is 14.7 Å². The highest BCUT2D eigenvalue weighted by Gasteiger charge is 1.97. The first-order valence-corrected chi connectivity index (χ1v) is 3.02. The second-order valence-corrected chi connectivity index (χ2v) is 1.80. The Bertz CT molecular complexity index is 110. The molecule has 0 aliphatic carbocycles. The number of hydrogen-bond donors (Lipinski definition) is 0. The van der Waals surface area contributed by atoms with Gasteiger partial charge >= 0.3 is 5.97 Å². The molecule has 0 saturated heterocycles. The molecule has 0 aliphatic rings. The van der Waals surface area contributed by atoms with Gasteiger partial charge in [0.1, 0.15) is 0 Å². The second kappa shape index (κ2) is 6.07. The predicted molar refractivity (Wildman–Crippen MR) is 31.6 cm³/mol. The normalized spacial score (nSPS) is 8.80. The van der Waals surface area contributed by atoms with Crippen LogP contribution in [0.5, 0.6) is 0 Å². The van der Waals surface area contributed by atoms with Gasteiger partial charge in [-0.1, -0.05) is 0 Å². The highest BCUT2D eigenvalue weighted by Crippen LogP contribution is 1.94. The largest absolute Gasteiger partial charge is 0.468 e. The van der Waals surface area contributed by atoms with E-state index in [0.717, 1.165) is 0 Å². The highest BCUT2D eigenvalue weighted by atomic mass is 16.5. The van der Waals surface area contributed by atoms with Gasteiger partial charge in [-0.2, -0.15) is 0 Å². The van der Waals surface area contributed by atoms with Crippen LogP contribution in [0.15, 0.2) is 0 Å². The Morgan fingerprint density at radius 1 is 1.40 bits per heavy atom. The average Bonchev–Trinajstić information content (AvgIpc) is 1.87. The molecule has 0 aromatic heterocycles. The minimum absolute atomic E-state index is 0.0300. The summed E-state index contributed by atoms with van der Waals surface area (Å²) in [6.07, 6.45) is 1.10. The van der Waals surface area contributed by atoms with E-state index >= 15 is 0 Å². The molecule has 1 radical (unpaired) electrons. The third-order valence-electron chi connectivity index (χ3n) is 0.961. The highest BCUT2D eigenvalue weighted by molar-refractivity contribution is 5.66. The molecular weight excluding hydrogens is 136 g/mol. The number of carbonyl (C=O) groups is 2. The van der Waals surface area contributed by atoms with E-state index in [1.807, 2.05) is 0 Å². The monoisotopic (exact) mass is 145 g/mol. The molecule has 57 valence electrons. The minimum atomic E-state index is -1.06. The van der Waals surface area contributed by atoms with Crippen molar-refractivity contribution >= 4 is 12.4 Å². The lowest BCUT2D eigenvalue weighted by Gasteiger charge is -1.94. The van der Waals surface area contributed by atoms with Crippen molar-refractivity contribution in [2.75, 3.05) is 6.61 Å². The second-order valence-electron chi connectivity index (χ2n) is 1.80. The Hall–Kier alpha value is -1.06. The number of unbranched alkanes of at least 4 members (excludes halogenated alkanes) is 1. The molecule has 4 nitrogen and oxygen atoms in total. The average molecular weight is 145 g/mol. The van der Waals surface area contributed by atoms with Gasteiger partial charge < -0.3 is 4.74 Å². The molecule has 0 N–H and O–H groups in total. The van der Waals surface area contributed by atoms with Crippen molar-refractivity contribution in [2.45, 2.75) is 19.3 Å². The molecule has 0 aliphatic heterocycles. The maximum atomic E-state index is 9.81. The Balaban J connectivity index is 2.90. The Kier molecular flexibility index (Phi) is 5.42. The first-order valence-electron chi connectivity index (χ1n) is 3.02. The SMILES string of the molecule is [O]C(=O)CCCCOC=O. The first-order chi connectivity index (χ1) is 4.77. The van der Waals surface area contributed by atoms with Crippen LogP contribution in [0.25, 0.3) is 0 Å². The summed E-state index contributed by atoms with van der Waals surface area (Å²) in [6.45, 7) is 0.635. The van der Waals surface area contributed by atoms with Crippen LogP contribution in [-0.4, -0.2) is 19.0 Å². The molecule has 0 fully saturated rings. The summed E-state index contributed by atoms with van der Waals surface area (Å²) in [5, 5.41) is 9.81. The molecule has 0 aromatic rings. The van der Waals surface area contributed by atoms with E-state index in [-0.39, 0.29) is 13.0 Å². The van der Waals surface area contributed by atoms with Crippen LogP contribution in [0, 0.1) is 0 Å². The van der Waals surface area contributed by atoms with Gasteiger partial charge in [0.2, 0.25) is 0 Å². The van der Waals surface area contributed by atoms with Crippen LogP contribution >= 0.6 is 0 Å². The smallest absolute Gasteiger partial charge is 0.355 e. The maximum absolute atomic E-state index is 9.81. The summed E-state index contributed by atoms with van der Waals surface area (Å²) in [4.78, 5) is 19.4. The van der Waals surface area contributed by atoms with Crippen LogP contribution in [0.4, 0.5) is 0 Å². The zero-order chi connectivity index (χ0) is 7.82. The van der Waals surface area contributed by atoms with Crippen LogP contribution < -0.4 is 0 Å². The number of rotatable bonds is 6. The van der Waals surface area contributed by atoms with Gasteiger partial charge in [0.25, 0.3) is 6.47 Å². The minimum Gasteiger partial charge on any atom is -0.468 e. The molecule has 0 heterocycles. The van der Waals surface area contributed by atoms with Crippen molar-refractivity contribution in [1.29, 1.82) is 0 Å². The molecule has 4 heteroatoms. The quantitative estimate of drug-likeness (QED) is 0.398. The van der Waals surface area contributed by atoms with Gasteiger partial charge in [-0.25, -0.2) is 9.90 Å². The van der Waals surface area contributed by atoms with Crippen LogP contribution in [0.1, 0.15) is 19.3 Å². The van der Waals surface area contributed by atoms with Crippen molar-refractivity contribution in [3.63, 3.8) is 0 Å². The lowest BCUT2D eigenvalue weighted by Crippen LogP contribution is -1.95. The van der Waals surface area contributed by atoms with E-state index in [4.69, 9.17) is 0 Å². The van der Waals surface area contributed by atoms with Gasteiger partial charge in [-0.3, -0.25) is 4.79 Å². The third kappa shape index (κ3) is 6.94. The Labute approximate surface area is 58.8 Å². The third-order valence-corrected chi connectivity index (χ3v) is 0.961. The van der Waals surface area contributed by atoms with Crippen molar-refractivity contribution in [2.24, 2.45) is 0 Å². The van der Waals surface area contributed by atoms with Gasteiger partial charge in [-0.05, 0) is 12.8 Å². The molecule has 0 saturated carbocycles. The van der Waals surface area contributed by atoms with Crippen molar-refractivity contribution < 1.29 is 19.4 Å². The van der Waals surface area contributed by atoms with Crippen molar-refractivity contribution in [3.8, 4) is 0 Å². The number of hydrogen-bond acceptors (Lipinski definition) is 3. The van der Waals surface area contributed by atoms with Crippen molar-refractivity contribution in [1.82, 2.24) is 0 Å².